The third-order valence-electron chi connectivity index (χ3n) is 4.04. The fourth-order valence-corrected chi connectivity index (χ4v) is 3.85. The number of halogens is 1. The zero-order valence-corrected chi connectivity index (χ0v) is 13.5. The van der Waals surface area contributed by atoms with Gasteiger partial charge in [-0.25, -0.2) is 0 Å². The lowest BCUT2D eigenvalue weighted by Gasteiger charge is -2.31. The first-order valence-electron chi connectivity index (χ1n) is 6.88. The van der Waals surface area contributed by atoms with E-state index >= 15 is 0 Å². The van der Waals surface area contributed by atoms with Crippen LogP contribution in [0.15, 0.2) is 16.7 Å². The summed E-state index contributed by atoms with van der Waals surface area (Å²) in [6, 6.07) is 2.52. The highest BCUT2D eigenvalue weighted by atomic mass is 79.9. The van der Waals surface area contributed by atoms with Crippen molar-refractivity contribution >= 4 is 33.6 Å². The van der Waals surface area contributed by atoms with Gasteiger partial charge < -0.3 is 9.47 Å². The minimum Gasteiger partial charge on any atom is -0.339 e. The molecular formula is C14H19BrN2OS. The van der Waals surface area contributed by atoms with Crippen LogP contribution in [0.3, 0.4) is 0 Å². The Morgan fingerprint density at radius 2 is 2.00 bits per heavy atom. The van der Waals surface area contributed by atoms with Crippen molar-refractivity contribution in [3.05, 3.63) is 22.4 Å². The highest BCUT2D eigenvalue weighted by Gasteiger charge is 2.30. The summed E-state index contributed by atoms with van der Waals surface area (Å²) < 4.78 is 3.18. The molecule has 1 saturated heterocycles. The lowest BCUT2D eigenvalue weighted by Crippen LogP contribution is -2.40. The van der Waals surface area contributed by atoms with Crippen molar-refractivity contribution < 1.29 is 4.79 Å². The van der Waals surface area contributed by atoms with E-state index in [1.54, 1.807) is 0 Å². The number of carbonyl (C=O) groups excluding carboxylic acids is 1. The number of nitrogens with zero attached hydrogens (tertiary/aromatic N) is 2. The van der Waals surface area contributed by atoms with Crippen molar-refractivity contribution in [2.75, 3.05) is 19.3 Å². The summed E-state index contributed by atoms with van der Waals surface area (Å²) in [7, 11) is 0. The molecule has 0 spiro atoms. The number of likely N-dealkylation sites (tertiary alicyclic amines) is 1. The molecule has 1 saturated carbocycles. The Hall–Kier alpha value is -0.420. The molecule has 0 bridgehead atoms. The molecule has 1 amide bonds. The summed E-state index contributed by atoms with van der Waals surface area (Å²) in [5, 5.41) is 0.728. The molecule has 104 valence electrons. The van der Waals surface area contributed by atoms with E-state index < -0.39 is 0 Å². The molecule has 0 unspecified atom stereocenters. The number of hydrogen-bond donors (Lipinski definition) is 0. The molecule has 2 aliphatic rings. The minimum atomic E-state index is 0.206. The molecule has 2 heterocycles. The van der Waals surface area contributed by atoms with Gasteiger partial charge in [0.1, 0.15) is 5.69 Å². The Kier molecular flexibility index (Phi) is 3.94. The Morgan fingerprint density at radius 1 is 1.32 bits per heavy atom. The predicted molar refractivity (Wildman–Crippen MR) is 82.8 cm³/mol. The van der Waals surface area contributed by atoms with Crippen LogP contribution in [0.1, 0.15) is 42.2 Å². The third kappa shape index (κ3) is 2.87. The van der Waals surface area contributed by atoms with Crippen LogP contribution in [0.4, 0.5) is 0 Å². The number of carbonyl (C=O) groups is 1. The van der Waals surface area contributed by atoms with Crippen LogP contribution in [0.25, 0.3) is 0 Å². The molecule has 1 aliphatic heterocycles. The molecular weight excluding hydrogens is 324 g/mol. The number of amides is 1. The van der Waals surface area contributed by atoms with Crippen LogP contribution < -0.4 is 0 Å². The monoisotopic (exact) mass is 342 g/mol. The largest absolute Gasteiger partial charge is 0.339 e. The number of aromatic nitrogens is 1. The van der Waals surface area contributed by atoms with Gasteiger partial charge in [0.05, 0.1) is 0 Å². The van der Waals surface area contributed by atoms with Crippen molar-refractivity contribution in [2.24, 2.45) is 0 Å². The molecule has 19 heavy (non-hydrogen) atoms. The van der Waals surface area contributed by atoms with Crippen molar-refractivity contribution in [3.63, 3.8) is 0 Å². The van der Waals surface area contributed by atoms with Gasteiger partial charge in [-0.05, 0) is 53.9 Å². The number of rotatable bonds is 3. The van der Waals surface area contributed by atoms with Crippen molar-refractivity contribution in [1.82, 2.24) is 9.47 Å². The molecule has 5 heteroatoms. The van der Waals surface area contributed by atoms with Gasteiger partial charge in [0, 0.05) is 35.1 Å². The van der Waals surface area contributed by atoms with Gasteiger partial charge in [-0.15, -0.1) is 0 Å². The Balaban J connectivity index is 1.73. The SMILES string of the molecule is CSC1CCN(C(=O)c2cc(Br)cn2C2CC2)CC1. The van der Waals surface area contributed by atoms with Gasteiger partial charge in [0.2, 0.25) is 0 Å². The van der Waals surface area contributed by atoms with Gasteiger partial charge in [-0.2, -0.15) is 11.8 Å². The van der Waals surface area contributed by atoms with Gasteiger partial charge >= 0.3 is 0 Å². The average Bonchev–Trinajstić information content (AvgIpc) is 3.21. The molecule has 3 nitrogen and oxygen atoms in total. The van der Waals surface area contributed by atoms with E-state index in [9.17, 15) is 4.79 Å². The van der Waals surface area contributed by atoms with Crippen LogP contribution in [-0.4, -0.2) is 40.0 Å². The van der Waals surface area contributed by atoms with Crippen LogP contribution >= 0.6 is 27.7 Å². The molecule has 0 radical (unpaired) electrons. The Bertz CT molecular complexity index is 476. The van der Waals surface area contributed by atoms with Gasteiger partial charge in [-0.3, -0.25) is 4.79 Å². The van der Waals surface area contributed by atoms with E-state index in [0.29, 0.717) is 6.04 Å². The standard InChI is InChI=1S/C14H19BrN2OS/c1-19-12-4-6-16(7-5-12)14(18)13-8-10(15)9-17(13)11-2-3-11/h8-9,11-12H,2-7H2,1H3. The van der Waals surface area contributed by atoms with Gasteiger partial charge in [0.15, 0.2) is 0 Å². The Morgan fingerprint density at radius 3 is 2.58 bits per heavy atom. The van der Waals surface area contributed by atoms with Crippen molar-refractivity contribution in [3.8, 4) is 0 Å². The predicted octanol–water partition coefficient (Wildman–Crippen LogP) is 3.55. The third-order valence-corrected chi connectivity index (χ3v) is 5.61. The first-order valence-corrected chi connectivity index (χ1v) is 8.96. The highest BCUT2D eigenvalue weighted by molar-refractivity contribution is 9.10. The molecule has 1 aliphatic carbocycles. The lowest BCUT2D eigenvalue weighted by molar-refractivity contribution is 0.0716. The molecule has 0 aromatic carbocycles. The average molecular weight is 343 g/mol. The summed E-state index contributed by atoms with van der Waals surface area (Å²) in [5.41, 5.74) is 0.858. The van der Waals surface area contributed by atoms with Gasteiger partial charge in [-0.1, -0.05) is 0 Å². The van der Waals surface area contributed by atoms with E-state index in [1.807, 2.05) is 22.7 Å². The van der Waals surface area contributed by atoms with E-state index in [2.05, 4.69) is 32.9 Å². The number of piperidine rings is 1. The molecule has 0 atom stereocenters. The van der Waals surface area contributed by atoms with E-state index in [1.165, 1.54) is 12.8 Å². The minimum absolute atomic E-state index is 0.206. The van der Waals surface area contributed by atoms with E-state index in [4.69, 9.17) is 0 Å². The van der Waals surface area contributed by atoms with Crippen LogP contribution in [0.5, 0.6) is 0 Å². The first kappa shape index (κ1) is 13.6. The first-order chi connectivity index (χ1) is 9.19. The van der Waals surface area contributed by atoms with Crippen LogP contribution in [-0.2, 0) is 0 Å². The van der Waals surface area contributed by atoms with E-state index in [0.717, 1.165) is 41.3 Å². The maximum Gasteiger partial charge on any atom is 0.270 e. The smallest absolute Gasteiger partial charge is 0.270 e. The quantitative estimate of drug-likeness (QED) is 0.839. The maximum atomic E-state index is 12.6. The summed E-state index contributed by atoms with van der Waals surface area (Å²) in [6.07, 6.45) is 8.87. The second kappa shape index (κ2) is 5.52. The topological polar surface area (TPSA) is 25.2 Å². The molecule has 1 aromatic heterocycles. The summed E-state index contributed by atoms with van der Waals surface area (Å²) in [4.78, 5) is 14.7. The summed E-state index contributed by atoms with van der Waals surface area (Å²) >= 11 is 5.42. The molecule has 1 aromatic rings. The normalized spacial score (nSPS) is 20.8. The van der Waals surface area contributed by atoms with E-state index in [-0.39, 0.29) is 5.91 Å². The fourth-order valence-electron chi connectivity index (χ4n) is 2.73. The zero-order valence-electron chi connectivity index (χ0n) is 11.1. The van der Waals surface area contributed by atoms with Gasteiger partial charge in [0.25, 0.3) is 5.91 Å². The summed E-state index contributed by atoms with van der Waals surface area (Å²) in [6.45, 7) is 1.80. The van der Waals surface area contributed by atoms with Crippen LogP contribution in [0, 0.1) is 0 Å². The van der Waals surface area contributed by atoms with Crippen molar-refractivity contribution in [1.29, 1.82) is 0 Å². The van der Waals surface area contributed by atoms with Crippen LogP contribution in [0.2, 0.25) is 0 Å². The highest BCUT2D eigenvalue weighted by Crippen LogP contribution is 2.38. The lowest BCUT2D eigenvalue weighted by atomic mass is 10.1. The Labute approximate surface area is 126 Å². The fraction of sp³-hybridized carbons (Fsp3) is 0.643. The zero-order chi connectivity index (χ0) is 13.4. The number of thioether (sulfide) groups is 1. The van der Waals surface area contributed by atoms with Crippen molar-refractivity contribution in [2.45, 2.75) is 37.0 Å². The molecule has 3 rings (SSSR count). The second-order valence-corrected chi connectivity index (χ2v) is 7.46. The molecule has 0 N–H and O–H groups in total. The molecule has 2 fully saturated rings. The number of hydrogen-bond acceptors (Lipinski definition) is 2. The maximum absolute atomic E-state index is 12.6. The summed E-state index contributed by atoms with van der Waals surface area (Å²) in [5.74, 6) is 0.206. The second-order valence-electron chi connectivity index (χ2n) is 5.41.